The minimum atomic E-state index is -0.486. The first-order valence-electron chi connectivity index (χ1n) is 4.68. The number of halogens is 3. The molecule has 0 radical (unpaired) electrons. The van der Waals surface area contributed by atoms with Gasteiger partial charge in [0.15, 0.2) is 0 Å². The lowest BCUT2D eigenvalue weighted by molar-refractivity contribution is -0.123. The molecule has 0 aromatic heterocycles. The summed E-state index contributed by atoms with van der Waals surface area (Å²) in [5.41, 5.74) is -0.0360. The summed E-state index contributed by atoms with van der Waals surface area (Å²) in [5.74, 6) is -0.126. The van der Waals surface area contributed by atoms with Crippen LogP contribution in [0.15, 0.2) is 16.6 Å². The van der Waals surface area contributed by atoms with Crippen LogP contribution in [0.4, 0.5) is 5.69 Å². The van der Waals surface area contributed by atoms with E-state index in [-0.39, 0.29) is 5.91 Å². The first kappa shape index (κ1) is 13.8. The summed E-state index contributed by atoms with van der Waals surface area (Å²) in [6, 6.07) is 3.37. The summed E-state index contributed by atoms with van der Waals surface area (Å²) < 4.78 is 0.774. The summed E-state index contributed by atoms with van der Waals surface area (Å²) in [6.45, 7) is 5.47. The highest BCUT2D eigenvalue weighted by Crippen LogP contribution is 2.34. The van der Waals surface area contributed by atoms with Gasteiger partial charge in [-0.05, 0) is 12.1 Å². The minimum Gasteiger partial charge on any atom is -0.323 e. The molecule has 0 saturated heterocycles. The first-order chi connectivity index (χ1) is 7.21. The highest BCUT2D eigenvalue weighted by Gasteiger charge is 2.23. The van der Waals surface area contributed by atoms with E-state index in [4.69, 9.17) is 23.2 Å². The van der Waals surface area contributed by atoms with Gasteiger partial charge in [0, 0.05) is 9.89 Å². The third kappa shape index (κ3) is 3.37. The Bertz CT molecular complexity index is 403. The Balaban J connectivity index is 3.03. The van der Waals surface area contributed by atoms with Crippen LogP contribution in [-0.2, 0) is 4.79 Å². The van der Waals surface area contributed by atoms with Gasteiger partial charge in [0.2, 0.25) is 5.91 Å². The molecule has 88 valence electrons. The third-order valence-corrected chi connectivity index (χ3v) is 2.98. The molecule has 0 heterocycles. The Morgan fingerprint density at radius 1 is 1.25 bits per heavy atom. The maximum atomic E-state index is 11.8. The summed E-state index contributed by atoms with van der Waals surface area (Å²) in [5, 5.41) is 3.55. The standard InChI is InChI=1S/C11H12BrCl2NO/c1-11(2,3)10(16)15-9-7(13)4-6(12)5-8(9)14/h4-5H,1-3H3,(H,15,16). The summed E-state index contributed by atoms with van der Waals surface area (Å²) in [4.78, 5) is 11.8. The Labute approximate surface area is 113 Å². The first-order valence-corrected chi connectivity index (χ1v) is 6.22. The molecule has 0 bridgehead atoms. The molecule has 0 atom stereocenters. The molecular weight excluding hydrogens is 313 g/mol. The monoisotopic (exact) mass is 323 g/mol. The van der Waals surface area contributed by atoms with E-state index in [1.165, 1.54) is 0 Å². The van der Waals surface area contributed by atoms with Crippen molar-refractivity contribution in [1.82, 2.24) is 0 Å². The quantitative estimate of drug-likeness (QED) is 0.794. The second-order valence-electron chi connectivity index (χ2n) is 4.45. The molecular formula is C11H12BrCl2NO. The molecule has 5 heteroatoms. The number of hydrogen-bond acceptors (Lipinski definition) is 1. The van der Waals surface area contributed by atoms with Crippen LogP contribution in [0, 0.1) is 5.41 Å². The lowest BCUT2D eigenvalue weighted by Gasteiger charge is -2.19. The van der Waals surface area contributed by atoms with Crippen molar-refractivity contribution >= 4 is 50.7 Å². The van der Waals surface area contributed by atoms with Crippen molar-refractivity contribution in [3.63, 3.8) is 0 Å². The maximum absolute atomic E-state index is 11.8. The van der Waals surface area contributed by atoms with Crippen LogP contribution in [-0.4, -0.2) is 5.91 Å². The fourth-order valence-electron chi connectivity index (χ4n) is 0.963. The van der Waals surface area contributed by atoms with Crippen LogP contribution in [0.1, 0.15) is 20.8 Å². The average molecular weight is 325 g/mol. The van der Waals surface area contributed by atoms with E-state index < -0.39 is 5.41 Å². The van der Waals surface area contributed by atoms with Crippen LogP contribution in [0.25, 0.3) is 0 Å². The minimum absolute atomic E-state index is 0.126. The fourth-order valence-corrected chi connectivity index (χ4v) is 2.27. The normalized spacial score (nSPS) is 11.4. The van der Waals surface area contributed by atoms with Crippen molar-refractivity contribution in [3.05, 3.63) is 26.7 Å². The number of benzene rings is 1. The van der Waals surface area contributed by atoms with Crippen LogP contribution in [0.5, 0.6) is 0 Å². The van der Waals surface area contributed by atoms with Gasteiger partial charge in [0.25, 0.3) is 0 Å². The SMILES string of the molecule is CC(C)(C)C(=O)Nc1c(Cl)cc(Br)cc1Cl. The molecule has 1 rings (SSSR count). The van der Waals surface area contributed by atoms with Gasteiger partial charge in [0.1, 0.15) is 0 Å². The van der Waals surface area contributed by atoms with Gasteiger partial charge in [-0.2, -0.15) is 0 Å². The van der Waals surface area contributed by atoms with Crippen LogP contribution in [0.3, 0.4) is 0 Å². The highest BCUT2D eigenvalue weighted by molar-refractivity contribution is 9.10. The molecule has 0 aliphatic heterocycles. The van der Waals surface area contributed by atoms with Gasteiger partial charge in [0.05, 0.1) is 15.7 Å². The number of anilines is 1. The molecule has 1 amide bonds. The Morgan fingerprint density at radius 2 is 1.69 bits per heavy atom. The van der Waals surface area contributed by atoms with Gasteiger partial charge in [-0.25, -0.2) is 0 Å². The van der Waals surface area contributed by atoms with Gasteiger partial charge in [-0.15, -0.1) is 0 Å². The number of rotatable bonds is 1. The number of carbonyl (C=O) groups is 1. The van der Waals surface area contributed by atoms with Crippen molar-refractivity contribution in [3.8, 4) is 0 Å². The second kappa shape index (κ2) is 4.94. The highest BCUT2D eigenvalue weighted by atomic mass is 79.9. The molecule has 1 N–H and O–H groups in total. The Kier molecular flexibility index (Phi) is 4.27. The van der Waals surface area contributed by atoms with Crippen molar-refractivity contribution in [2.45, 2.75) is 20.8 Å². The zero-order valence-corrected chi connectivity index (χ0v) is 12.3. The van der Waals surface area contributed by atoms with E-state index in [9.17, 15) is 4.79 Å². The number of hydrogen-bond donors (Lipinski definition) is 1. The van der Waals surface area contributed by atoms with Crippen molar-refractivity contribution in [1.29, 1.82) is 0 Å². The molecule has 0 aliphatic rings. The molecule has 1 aromatic carbocycles. The number of nitrogens with one attached hydrogen (secondary N) is 1. The summed E-state index contributed by atoms with van der Waals surface area (Å²) in [6.07, 6.45) is 0. The molecule has 1 aromatic rings. The topological polar surface area (TPSA) is 29.1 Å². The summed E-state index contributed by atoms with van der Waals surface area (Å²) in [7, 11) is 0. The molecule has 16 heavy (non-hydrogen) atoms. The van der Waals surface area contributed by atoms with Gasteiger partial charge in [-0.3, -0.25) is 4.79 Å². The predicted molar refractivity (Wildman–Crippen MR) is 72.2 cm³/mol. The van der Waals surface area contributed by atoms with E-state index in [1.54, 1.807) is 12.1 Å². The van der Waals surface area contributed by atoms with E-state index in [2.05, 4.69) is 21.2 Å². The lowest BCUT2D eigenvalue weighted by atomic mass is 9.95. The molecule has 0 saturated carbocycles. The van der Waals surface area contributed by atoms with Crippen LogP contribution in [0.2, 0.25) is 10.0 Å². The van der Waals surface area contributed by atoms with Crippen LogP contribution >= 0.6 is 39.1 Å². The Hall–Kier alpha value is -0.250. The van der Waals surface area contributed by atoms with Crippen LogP contribution < -0.4 is 5.32 Å². The number of carbonyl (C=O) groups excluding carboxylic acids is 1. The van der Waals surface area contributed by atoms with Crippen molar-refractivity contribution in [2.75, 3.05) is 5.32 Å². The predicted octanol–water partition coefficient (Wildman–Crippen LogP) is 4.74. The van der Waals surface area contributed by atoms with E-state index in [0.29, 0.717) is 15.7 Å². The Morgan fingerprint density at radius 3 is 2.06 bits per heavy atom. The van der Waals surface area contributed by atoms with E-state index in [0.717, 1.165) is 4.47 Å². The molecule has 2 nitrogen and oxygen atoms in total. The molecule has 0 spiro atoms. The van der Waals surface area contributed by atoms with E-state index in [1.807, 2.05) is 20.8 Å². The zero-order chi connectivity index (χ0) is 12.5. The number of amides is 1. The van der Waals surface area contributed by atoms with Gasteiger partial charge >= 0.3 is 0 Å². The largest absolute Gasteiger partial charge is 0.323 e. The van der Waals surface area contributed by atoms with Crippen molar-refractivity contribution < 1.29 is 4.79 Å². The summed E-state index contributed by atoms with van der Waals surface area (Å²) >= 11 is 15.3. The van der Waals surface area contributed by atoms with Gasteiger partial charge in [-0.1, -0.05) is 59.9 Å². The van der Waals surface area contributed by atoms with Gasteiger partial charge < -0.3 is 5.32 Å². The average Bonchev–Trinajstić information content (AvgIpc) is 2.08. The molecule has 0 aliphatic carbocycles. The van der Waals surface area contributed by atoms with E-state index >= 15 is 0 Å². The lowest BCUT2D eigenvalue weighted by Crippen LogP contribution is -2.27. The zero-order valence-electron chi connectivity index (χ0n) is 9.20. The maximum Gasteiger partial charge on any atom is 0.229 e. The molecule has 0 unspecified atom stereocenters. The molecule has 0 fully saturated rings. The smallest absolute Gasteiger partial charge is 0.229 e. The fraction of sp³-hybridized carbons (Fsp3) is 0.364. The van der Waals surface area contributed by atoms with Crippen molar-refractivity contribution in [2.24, 2.45) is 5.41 Å². The third-order valence-electron chi connectivity index (χ3n) is 1.93. The second-order valence-corrected chi connectivity index (χ2v) is 6.18.